The van der Waals surface area contributed by atoms with E-state index in [1.54, 1.807) is 0 Å². The van der Waals surface area contributed by atoms with Crippen molar-refractivity contribution in [1.29, 1.82) is 0 Å². The van der Waals surface area contributed by atoms with Crippen LogP contribution in [-0.2, 0) is 0 Å². The Balaban J connectivity index is 2.00. The van der Waals surface area contributed by atoms with Gasteiger partial charge in [-0.05, 0) is 38.0 Å². The topological polar surface area (TPSA) is 28.0 Å². The third kappa shape index (κ3) is 2.55. The summed E-state index contributed by atoms with van der Waals surface area (Å²) in [7, 11) is 0. The SMILES string of the molecule is CCN1N=NC2CCCC(C)(C)CCCC21. The van der Waals surface area contributed by atoms with Crippen molar-refractivity contribution in [1.82, 2.24) is 5.01 Å². The second kappa shape index (κ2) is 4.72. The Kier molecular flexibility index (Phi) is 3.50. The quantitative estimate of drug-likeness (QED) is 0.664. The first-order chi connectivity index (χ1) is 7.62. The molecular weight excluding hydrogens is 198 g/mol. The molecule has 2 atom stereocenters. The fraction of sp³-hybridized carbons (Fsp3) is 1.00. The van der Waals surface area contributed by atoms with Crippen LogP contribution in [0.2, 0.25) is 0 Å². The van der Waals surface area contributed by atoms with Gasteiger partial charge in [-0.25, -0.2) is 0 Å². The molecule has 1 heterocycles. The van der Waals surface area contributed by atoms with Crippen molar-refractivity contribution in [2.24, 2.45) is 15.8 Å². The van der Waals surface area contributed by atoms with Crippen molar-refractivity contribution in [3.63, 3.8) is 0 Å². The lowest BCUT2D eigenvalue weighted by molar-refractivity contribution is 0.210. The van der Waals surface area contributed by atoms with Crippen LogP contribution in [0.15, 0.2) is 10.3 Å². The fourth-order valence-corrected chi connectivity index (χ4v) is 3.07. The van der Waals surface area contributed by atoms with E-state index in [0.29, 0.717) is 17.5 Å². The molecule has 0 aromatic carbocycles. The molecule has 2 rings (SSSR count). The lowest BCUT2D eigenvalue weighted by Crippen LogP contribution is -2.34. The van der Waals surface area contributed by atoms with Crippen LogP contribution < -0.4 is 0 Å². The molecule has 1 aliphatic heterocycles. The minimum atomic E-state index is 0.480. The Bertz CT molecular complexity index is 260. The summed E-state index contributed by atoms with van der Waals surface area (Å²) in [4.78, 5) is 0. The van der Waals surface area contributed by atoms with Crippen LogP contribution >= 0.6 is 0 Å². The van der Waals surface area contributed by atoms with Crippen LogP contribution in [-0.4, -0.2) is 23.6 Å². The first-order valence-corrected chi connectivity index (χ1v) is 6.80. The lowest BCUT2D eigenvalue weighted by Gasteiger charge is -2.25. The van der Waals surface area contributed by atoms with Gasteiger partial charge in [0.1, 0.15) is 0 Å². The van der Waals surface area contributed by atoms with E-state index in [0.717, 1.165) is 6.54 Å². The van der Waals surface area contributed by atoms with Gasteiger partial charge in [-0.2, -0.15) is 5.11 Å². The monoisotopic (exact) mass is 223 g/mol. The van der Waals surface area contributed by atoms with Crippen LogP contribution in [0.1, 0.15) is 59.3 Å². The maximum atomic E-state index is 4.45. The van der Waals surface area contributed by atoms with Gasteiger partial charge < -0.3 is 0 Å². The van der Waals surface area contributed by atoms with Gasteiger partial charge in [0.2, 0.25) is 0 Å². The molecule has 3 nitrogen and oxygen atoms in total. The number of likely N-dealkylation sites (N-methyl/N-ethyl adjacent to an activating group) is 1. The van der Waals surface area contributed by atoms with Crippen LogP contribution in [0.25, 0.3) is 0 Å². The summed E-state index contributed by atoms with van der Waals surface area (Å²) in [6, 6.07) is 1.08. The Hall–Kier alpha value is -0.600. The predicted octanol–water partition coefficient (Wildman–Crippen LogP) is 3.81. The molecule has 0 radical (unpaired) electrons. The van der Waals surface area contributed by atoms with E-state index in [4.69, 9.17) is 0 Å². The van der Waals surface area contributed by atoms with Gasteiger partial charge in [-0.1, -0.05) is 31.9 Å². The summed E-state index contributed by atoms with van der Waals surface area (Å²) in [6.45, 7) is 8.01. The van der Waals surface area contributed by atoms with E-state index in [1.807, 2.05) is 0 Å². The predicted molar refractivity (Wildman–Crippen MR) is 66.3 cm³/mol. The largest absolute Gasteiger partial charge is 0.274 e. The summed E-state index contributed by atoms with van der Waals surface area (Å²) in [6.07, 6.45) is 7.84. The standard InChI is InChI=1S/C13H25N3/c1-4-16-12-8-6-10-13(2,3)9-5-7-11(12)14-15-16/h11-12H,4-10H2,1-3H3. The Labute approximate surface area is 99.3 Å². The molecular formula is C13H25N3. The van der Waals surface area contributed by atoms with E-state index in [1.165, 1.54) is 38.5 Å². The highest BCUT2D eigenvalue weighted by Crippen LogP contribution is 2.35. The Morgan fingerprint density at radius 2 is 1.88 bits per heavy atom. The van der Waals surface area contributed by atoms with Crippen molar-refractivity contribution >= 4 is 0 Å². The summed E-state index contributed by atoms with van der Waals surface area (Å²) >= 11 is 0. The average molecular weight is 223 g/mol. The molecule has 0 aromatic heterocycles. The first kappa shape index (κ1) is 11.9. The normalized spacial score (nSPS) is 34.1. The molecule has 2 aliphatic rings. The molecule has 1 aliphatic carbocycles. The maximum absolute atomic E-state index is 4.45. The van der Waals surface area contributed by atoms with Gasteiger partial charge in [0.15, 0.2) is 0 Å². The van der Waals surface area contributed by atoms with Crippen molar-refractivity contribution in [2.45, 2.75) is 71.4 Å². The smallest absolute Gasteiger partial charge is 0.0949 e. The molecule has 0 aromatic rings. The van der Waals surface area contributed by atoms with Gasteiger partial charge in [0.05, 0.1) is 12.1 Å². The Morgan fingerprint density at radius 3 is 2.56 bits per heavy atom. The molecule has 0 saturated heterocycles. The van der Waals surface area contributed by atoms with E-state index in [-0.39, 0.29) is 0 Å². The van der Waals surface area contributed by atoms with Crippen LogP contribution in [0.4, 0.5) is 0 Å². The molecule has 1 fully saturated rings. The number of nitrogens with zero attached hydrogens (tertiary/aromatic N) is 3. The summed E-state index contributed by atoms with van der Waals surface area (Å²) in [5.74, 6) is 0. The highest BCUT2D eigenvalue weighted by atomic mass is 15.6. The molecule has 0 spiro atoms. The average Bonchev–Trinajstić information content (AvgIpc) is 2.61. The lowest BCUT2D eigenvalue weighted by atomic mass is 9.83. The van der Waals surface area contributed by atoms with Crippen molar-refractivity contribution < 1.29 is 0 Å². The van der Waals surface area contributed by atoms with E-state index < -0.39 is 0 Å². The summed E-state index contributed by atoms with van der Waals surface area (Å²) < 4.78 is 0. The molecule has 0 bridgehead atoms. The van der Waals surface area contributed by atoms with E-state index >= 15 is 0 Å². The number of hydrogen-bond donors (Lipinski definition) is 0. The molecule has 1 saturated carbocycles. The van der Waals surface area contributed by atoms with Crippen molar-refractivity contribution in [3.05, 3.63) is 0 Å². The zero-order chi connectivity index (χ0) is 11.6. The fourth-order valence-electron chi connectivity index (χ4n) is 3.07. The van der Waals surface area contributed by atoms with Crippen LogP contribution in [0.5, 0.6) is 0 Å². The molecule has 0 amide bonds. The summed E-state index contributed by atoms with van der Waals surface area (Å²) in [5.41, 5.74) is 0.535. The van der Waals surface area contributed by atoms with Gasteiger partial charge in [0, 0.05) is 6.54 Å². The highest BCUT2D eigenvalue weighted by Gasteiger charge is 2.33. The van der Waals surface area contributed by atoms with Gasteiger partial charge in [-0.15, -0.1) is 0 Å². The zero-order valence-corrected chi connectivity index (χ0v) is 10.9. The number of rotatable bonds is 1. The highest BCUT2D eigenvalue weighted by molar-refractivity contribution is 4.88. The van der Waals surface area contributed by atoms with Crippen LogP contribution in [0, 0.1) is 5.41 Å². The third-order valence-electron chi connectivity index (χ3n) is 4.17. The molecule has 16 heavy (non-hydrogen) atoms. The number of fused-ring (bicyclic) bond motifs is 1. The molecule has 92 valence electrons. The molecule has 2 unspecified atom stereocenters. The van der Waals surface area contributed by atoms with Crippen molar-refractivity contribution in [2.75, 3.05) is 6.54 Å². The second-order valence-electron chi connectivity index (χ2n) is 6.04. The van der Waals surface area contributed by atoms with E-state index in [2.05, 4.69) is 36.1 Å². The minimum Gasteiger partial charge on any atom is -0.274 e. The minimum absolute atomic E-state index is 0.480. The van der Waals surface area contributed by atoms with Crippen molar-refractivity contribution in [3.8, 4) is 0 Å². The molecule has 0 N–H and O–H groups in total. The van der Waals surface area contributed by atoms with Gasteiger partial charge >= 0.3 is 0 Å². The number of hydrogen-bond acceptors (Lipinski definition) is 3. The van der Waals surface area contributed by atoms with E-state index in [9.17, 15) is 0 Å². The van der Waals surface area contributed by atoms with Gasteiger partial charge in [0.25, 0.3) is 0 Å². The Morgan fingerprint density at radius 1 is 1.19 bits per heavy atom. The summed E-state index contributed by atoms with van der Waals surface area (Å²) in [5, 5.41) is 11.0. The first-order valence-electron chi connectivity index (χ1n) is 6.80. The van der Waals surface area contributed by atoms with Gasteiger partial charge in [-0.3, -0.25) is 5.01 Å². The maximum Gasteiger partial charge on any atom is 0.0949 e. The third-order valence-corrected chi connectivity index (χ3v) is 4.17. The van der Waals surface area contributed by atoms with Crippen LogP contribution in [0.3, 0.4) is 0 Å². The zero-order valence-electron chi connectivity index (χ0n) is 10.9. The molecule has 3 heteroatoms. The second-order valence-corrected chi connectivity index (χ2v) is 6.04.